The molecule has 0 amide bonds. The molecule has 0 N–H and O–H groups in total. The molecule has 0 saturated heterocycles. The van der Waals surface area contributed by atoms with E-state index in [0.29, 0.717) is 0 Å². The van der Waals surface area contributed by atoms with Crippen molar-refractivity contribution in [2.75, 3.05) is 0 Å². The third-order valence-electron chi connectivity index (χ3n) is 5.61. The van der Waals surface area contributed by atoms with E-state index in [2.05, 4.69) is 90.1 Å². The molecule has 2 aromatic carbocycles. The predicted molar refractivity (Wildman–Crippen MR) is 127 cm³/mol. The molecule has 5 rings (SSSR count). The number of hydrogen-bond acceptors (Lipinski definition) is 0. The van der Waals surface area contributed by atoms with Crippen LogP contribution in [0.5, 0.6) is 0 Å². The monoisotopic (exact) mass is 630 g/mol. The van der Waals surface area contributed by atoms with Crippen molar-refractivity contribution < 1.29 is 58.2 Å². The zero-order valence-corrected chi connectivity index (χ0v) is 25.8. The molecule has 3 heteroatoms. The first-order valence-corrected chi connectivity index (χ1v) is 12.3. The Hall–Kier alpha value is -0.367. The van der Waals surface area contributed by atoms with Gasteiger partial charge >= 0.3 is 40.3 Å². The molecule has 3 aliphatic carbocycles. The van der Waals surface area contributed by atoms with Crippen LogP contribution < -0.4 is 34.0 Å². The van der Waals surface area contributed by atoms with Gasteiger partial charge in [-0.2, -0.15) is 35.4 Å². The van der Waals surface area contributed by atoms with Gasteiger partial charge in [-0.05, 0) is 17.4 Å². The molecule has 0 bridgehead atoms. The summed E-state index contributed by atoms with van der Waals surface area (Å²) in [6.07, 6.45) is 13.9. The summed E-state index contributed by atoms with van der Waals surface area (Å²) in [7, 11) is 0. The van der Waals surface area contributed by atoms with Crippen LogP contribution in [-0.4, -0.2) is 3.21 Å². The topological polar surface area (TPSA) is 0 Å². The first kappa shape index (κ1) is 29.7. The Balaban J connectivity index is 0.000000387. The average Bonchev–Trinajstić information content (AvgIpc) is 3.15. The summed E-state index contributed by atoms with van der Waals surface area (Å²) in [4.78, 5) is 0. The second-order valence-electron chi connectivity index (χ2n) is 10.4. The molecule has 0 aromatic heterocycles. The molecule has 1 saturated carbocycles. The summed E-state index contributed by atoms with van der Waals surface area (Å²) in [5.74, 6) is 0. The van der Waals surface area contributed by atoms with Crippen molar-refractivity contribution in [1.29, 1.82) is 0 Å². The molecule has 32 heavy (non-hydrogen) atoms. The number of rotatable bonds is 0. The van der Waals surface area contributed by atoms with Gasteiger partial charge in [0.2, 0.25) is 0 Å². The fourth-order valence-electron chi connectivity index (χ4n) is 3.39. The average molecular weight is 634 g/mol. The van der Waals surface area contributed by atoms with Gasteiger partial charge in [0.15, 0.2) is 0 Å². The van der Waals surface area contributed by atoms with Gasteiger partial charge in [0.25, 0.3) is 0 Å². The van der Waals surface area contributed by atoms with Crippen LogP contribution >= 0.6 is 0 Å². The number of allylic oxidation sites excluding steroid dienone is 4. The molecule has 0 radical (unpaired) electrons. The molecule has 1 fully saturated rings. The molecule has 0 atom stereocenters. The Morgan fingerprint density at radius 1 is 0.844 bits per heavy atom. The number of benzene rings is 2. The third-order valence-corrected chi connectivity index (χ3v) is 6.84. The van der Waals surface area contributed by atoms with E-state index in [1.54, 1.807) is 27.4 Å². The number of halogens is 2. The van der Waals surface area contributed by atoms with Gasteiger partial charge in [-0.15, -0.1) is 12.0 Å². The number of hydrogen-bond donors (Lipinski definition) is 0. The van der Waals surface area contributed by atoms with E-state index in [4.69, 9.17) is 0 Å². The Kier molecular flexibility index (Phi) is 11.5. The van der Waals surface area contributed by atoms with Gasteiger partial charge in [0, 0.05) is 0 Å². The molecule has 0 unspecified atom stereocenters. The molecule has 0 heterocycles. The quantitative estimate of drug-likeness (QED) is 0.330. The predicted octanol–water partition coefficient (Wildman–Crippen LogP) is 1.47. The van der Waals surface area contributed by atoms with Crippen LogP contribution in [0.1, 0.15) is 83.1 Å². The van der Waals surface area contributed by atoms with Crippen molar-refractivity contribution >= 4 is 3.21 Å². The van der Waals surface area contributed by atoms with Crippen molar-refractivity contribution in [2.24, 2.45) is 0 Å². The standard InChI is InChI=1S/C21H25.C5H5.C3H4.2BrH.Zr/c1-20(2,3)16-9-7-14-11-15-8-10-17(21(4,5)6)13-19(15)18(14)12-16;1-2-4-5-3-1;1-2-3-1;;;/h7,9-10,12-13H,11H2,1-6H3;1-3H,4H2;1-2H2;2*1H;/q2*-1;;;;+2/p-2. The summed E-state index contributed by atoms with van der Waals surface area (Å²) in [5.41, 5.74) is 8.76. The second-order valence-corrected chi connectivity index (χ2v) is 12.2. The van der Waals surface area contributed by atoms with Gasteiger partial charge in [0.05, 0.1) is 0 Å². The van der Waals surface area contributed by atoms with Crippen LogP contribution in [0.3, 0.4) is 0 Å². The Bertz CT molecular complexity index is 908. The van der Waals surface area contributed by atoms with Crippen molar-refractivity contribution in [3.8, 4) is 11.1 Å². The zero-order valence-electron chi connectivity index (χ0n) is 20.2. The summed E-state index contributed by atoms with van der Waals surface area (Å²) in [5, 5.41) is 0. The minimum absolute atomic E-state index is 0. The van der Waals surface area contributed by atoms with E-state index in [0.717, 1.165) is 12.8 Å². The van der Waals surface area contributed by atoms with Crippen LogP contribution in [0.2, 0.25) is 0 Å². The first-order chi connectivity index (χ1) is 14.1. The zero-order chi connectivity index (χ0) is 21.9. The summed E-state index contributed by atoms with van der Waals surface area (Å²) >= 11 is 1.66. The molecule has 2 aromatic rings. The Morgan fingerprint density at radius 3 is 1.88 bits per heavy atom. The molecule has 0 spiro atoms. The van der Waals surface area contributed by atoms with Gasteiger partial charge in [-0.25, -0.2) is 12.2 Å². The fourth-order valence-corrected chi connectivity index (χ4v) is 3.69. The first-order valence-electron chi connectivity index (χ1n) is 11.0. The molecular formula is C29H34Br2Zr-2. The minimum atomic E-state index is 0. The van der Waals surface area contributed by atoms with Gasteiger partial charge < -0.3 is 34.0 Å². The van der Waals surface area contributed by atoms with Gasteiger partial charge in [-0.1, -0.05) is 76.3 Å². The van der Waals surface area contributed by atoms with Crippen LogP contribution in [0.4, 0.5) is 0 Å². The van der Waals surface area contributed by atoms with E-state index < -0.39 is 0 Å². The Morgan fingerprint density at radius 2 is 1.44 bits per heavy atom. The maximum atomic E-state index is 3.53. The van der Waals surface area contributed by atoms with Crippen LogP contribution in [0, 0.1) is 12.1 Å². The van der Waals surface area contributed by atoms with E-state index in [-0.39, 0.29) is 44.8 Å². The van der Waals surface area contributed by atoms with E-state index >= 15 is 0 Å². The fraction of sp³-hybridized carbons (Fsp3) is 0.414. The van der Waals surface area contributed by atoms with Crippen molar-refractivity contribution in [3.05, 3.63) is 83.0 Å². The third kappa shape index (κ3) is 8.45. The summed E-state index contributed by atoms with van der Waals surface area (Å²) in [6, 6.07) is 15.1. The maximum absolute atomic E-state index is 3.53. The van der Waals surface area contributed by atoms with E-state index in [1.807, 2.05) is 12.2 Å². The van der Waals surface area contributed by atoms with Gasteiger partial charge in [-0.3, -0.25) is 6.08 Å². The van der Waals surface area contributed by atoms with Crippen molar-refractivity contribution in [3.63, 3.8) is 0 Å². The van der Waals surface area contributed by atoms with Crippen LogP contribution in [-0.2, 0) is 41.5 Å². The molecular weight excluding hydrogens is 599 g/mol. The Labute approximate surface area is 231 Å². The summed E-state index contributed by atoms with van der Waals surface area (Å²) in [6.45, 7) is 13.6. The molecule has 3 aliphatic rings. The van der Waals surface area contributed by atoms with Crippen LogP contribution in [0.25, 0.3) is 11.1 Å². The molecule has 170 valence electrons. The SMILES string of the molecule is CC(C)(C)c1c[c-]c2c(c1)-c1cc(C(C)(C)C)ccc1C2.[Br-].[Br-].[C-]1=CC=CC1.[Zr+2]=[C]1CC1. The second kappa shape index (κ2) is 12.4. The van der Waals surface area contributed by atoms with Gasteiger partial charge in [0.1, 0.15) is 0 Å². The van der Waals surface area contributed by atoms with E-state index in [1.165, 1.54) is 46.2 Å². The summed E-state index contributed by atoms with van der Waals surface area (Å²) < 4.78 is 1.76. The molecule has 0 aliphatic heterocycles. The van der Waals surface area contributed by atoms with Crippen molar-refractivity contribution in [2.45, 2.75) is 78.1 Å². The molecule has 0 nitrogen and oxygen atoms in total. The van der Waals surface area contributed by atoms with Crippen LogP contribution in [0.15, 0.2) is 48.6 Å². The van der Waals surface area contributed by atoms with Crippen molar-refractivity contribution in [1.82, 2.24) is 0 Å². The van der Waals surface area contributed by atoms with E-state index in [9.17, 15) is 0 Å². The number of fused-ring (bicyclic) bond motifs is 3. The normalized spacial score (nSPS) is 14.7.